The zero-order chi connectivity index (χ0) is 21.8. The number of rotatable bonds is 5. The van der Waals surface area contributed by atoms with Crippen LogP contribution in [0.4, 0.5) is 15.6 Å². The Morgan fingerprint density at radius 3 is 2.58 bits per heavy atom. The van der Waals surface area contributed by atoms with E-state index in [-0.39, 0.29) is 5.91 Å². The van der Waals surface area contributed by atoms with E-state index in [4.69, 9.17) is 0 Å². The molecule has 3 heterocycles. The van der Waals surface area contributed by atoms with Crippen molar-refractivity contribution in [1.82, 2.24) is 20.1 Å². The molecule has 1 aromatic carbocycles. The summed E-state index contributed by atoms with van der Waals surface area (Å²) >= 11 is 1.37. The van der Waals surface area contributed by atoms with Gasteiger partial charge in [0.05, 0.1) is 11.4 Å². The van der Waals surface area contributed by atoms with Crippen molar-refractivity contribution in [3.8, 4) is 22.5 Å². The highest BCUT2D eigenvalue weighted by Crippen LogP contribution is 2.32. The number of pyridine rings is 1. The van der Waals surface area contributed by atoms with Crippen LogP contribution in [0.1, 0.15) is 10.4 Å². The molecule has 4 rings (SSSR count). The van der Waals surface area contributed by atoms with Gasteiger partial charge < -0.3 is 5.32 Å². The first-order valence-corrected chi connectivity index (χ1v) is 10.4. The molecule has 3 N–H and O–H groups in total. The first-order valence-electron chi connectivity index (χ1n) is 9.48. The van der Waals surface area contributed by atoms with Crippen molar-refractivity contribution in [2.45, 2.75) is 0 Å². The molecule has 0 unspecified atom stereocenters. The maximum absolute atomic E-state index is 12.6. The minimum atomic E-state index is -0.395. The van der Waals surface area contributed by atoms with E-state index < -0.39 is 6.03 Å². The lowest BCUT2D eigenvalue weighted by Gasteiger charge is -2.09. The number of amides is 3. The molecule has 0 aliphatic carbocycles. The average molecular weight is 433 g/mol. The molecule has 3 aromatic heterocycles. The molecule has 3 amide bonds. The topological polar surface area (TPSA) is 101 Å². The quantitative estimate of drug-likeness (QED) is 0.440. The monoisotopic (exact) mass is 432 g/mol. The fourth-order valence-corrected chi connectivity index (χ4v) is 3.85. The predicted octanol–water partition coefficient (Wildman–Crippen LogP) is 4.21. The minimum absolute atomic E-state index is 0.198. The molecule has 0 aliphatic heterocycles. The molecule has 0 saturated carbocycles. The van der Waals surface area contributed by atoms with E-state index in [2.05, 4.69) is 26.0 Å². The van der Waals surface area contributed by atoms with Gasteiger partial charge in [-0.15, -0.1) is 11.3 Å². The third-order valence-electron chi connectivity index (χ3n) is 4.61. The molecule has 0 bridgehead atoms. The molecule has 0 radical (unpaired) electrons. The number of nitrogens with one attached hydrogen (secondary N) is 3. The second-order valence-corrected chi connectivity index (χ2v) is 7.57. The highest BCUT2D eigenvalue weighted by atomic mass is 32.1. The van der Waals surface area contributed by atoms with E-state index in [9.17, 15) is 9.59 Å². The van der Waals surface area contributed by atoms with Crippen LogP contribution >= 0.6 is 11.3 Å². The van der Waals surface area contributed by atoms with Crippen LogP contribution < -0.4 is 16.0 Å². The Morgan fingerprint density at radius 1 is 1.00 bits per heavy atom. The van der Waals surface area contributed by atoms with Crippen LogP contribution in [-0.4, -0.2) is 33.8 Å². The standard InChI is InChI=1S/C22H20N6O2S/c1-23-20(29)15-8-10-24-18(12-15)16-9-11-31-21(16)26-22(30)25-19-13-17(27-28(19)2)14-6-4-3-5-7-14/h3-13H,1-2H3,(H,23,29)(H2,25,26,30). The lowest BCUT2D eigenvalue weighted by molar-refractivity contribution is 0.0963. The molecule has 156 valence electrons. The summed E-state index contributed by atoms with van der Waals surface area (Å²) in [7, 11) is 3.35. The second kappa shape index (κ2) is 8.80. The van der Waals surface area contributed by atoms with E-state index in [1.165, 1.54) is 11.3 Å². The molecular formula is C22H20N6O2S. The molecule has 0 fully saturated rings. The molecule has 0 aliphatic rings. The van der Waals surface area contributed by atoms with E-state index in [0.29, 0.717) is 22.1 Å². The van der Waals surface area contributed by atoms with Crippen molar-refractivity contribution in [3.05, 3.63) is 71.7 Å². The third-order valence-corrected chi connectivity index (χ3v) is 5.44. The molecular weight excluding hydrogens is 412 g/mol. The SMILES string of the molecule is CNC(=O)c1ccnc(-c2ccsc2NC(=O)Nc2cc(-c3ccccc3)nn2C)c1. The molecule has 0 saturated heterocycles. The van der Waals surface area contributed by atoms with Crippen LogP contribution in [-0.2, 0) is 7.05 Å². The lowest BCUT2D eigenvalue weighted by atomic mass is 10.1. The first kappa shape index (κ1) is 20.3. The van der Waals surface area contributed by atoms with Crippen molar-refractivity contribution in [3.63, 3.8) is 0 Å². The zero-order valence-electron chi connectivity index (χ0n) is 16.9. The Labute approximate surface area is 183 Å². The predicted molar refractivity (Wildman–Crippen MR) is 122 cm³/mol. The van der Waals surface area contributed by atoms with Crippen molar-refractivity contribution in [2.24, 2.45) is 7.05 Å². The summed E-state index contributed by atoms with van der Waals surface area (Å²) in [5.74, 6) is 0.366. The summed E-state index contributed by atoms with van der Waals surface area (Å²) in [6, 6.07) is 16.4. The minimum Gasteiger partial charge on any atom is -0.355 e. The fourth-order valence-electron chi connectivity index (χ4n) is 3.06. The summed E-state index contributed by atoms with van der Waals surface area (Å²) < 4.78 is 1.62. The summed E-state index contributed by atoms with van der Waals surface area (Å²) in [6.45, 7) is 0. The number of benzene rings is 1. The first-order chi connectivity index (χ1) is 15.0. The third kappa shape index (κ3) is 4.46. The Morgan fingerprint density at radius 2 is 1.81 bits per heavy atom. The van der Waals surface area contributed by atoms with Crippen molar-refractivity contribution < 1.29 is 9.59 Å². The number of carbonyl (C=O) groups is 2. The zero-order valence-corrected chi connectivity index (χ0v) is 17.7. The lowest BCUT2D eigenvalue weighted by Crippen LogP contribution is -2.21. The van der Waals surface area contributed by atoms with Gasteiger partial charge in [0, 0.05) is 43.0 Å². The molecule has 0 atom stereocenters. The van der Waals surface area contributed by atoms with Gasteiger partial charge in [-0.1, -0.05) is 30.3 Å². The maximum Gasteiger partial charge on any atom is 0.325 e. The highest BCUT2D eigenvalue weighted by Gasteiger charge is 2.15. The number of thiophene rings is 1. The van der Waals surface area contributed by atoms with Gasteiger partial charge in [-0.3, -0.25) is 25.1 Å². The second-order valence-electron chi connectivity index (χ2n) is 6.66. The number of anilines is 2. The van der Waals surface area contributed by atoms with E-state index in [1.54, 1.807) is 37.1 Å². The van der Waals surface area contributed by atoms with Crippen LogP contribution in [0.15, 0.2) is 66.2 Å². The number of nitrogens with zero attached hydrogens (tertiary/aromatic N) is 3. The van der Waals surface area contributed by atoms with Gasteiger partial charge in [0.15, 0.2) is 0 Å². The number of carbonyl (C=O) groups excluding carboxylic acids is 2. The highest BCUT2D eigenvalue weighted by molar-refractivity contribution is 7.15. The molecule has 8 nitrogen and oxygen atoms in total. The number of hydrogen-bond acceptors (Lipinski definition) is 5. The van der Waals surface area contributed by atoms with Gasteiger partial charge in [-0.25, -0.2) is 4.79 Å². The van der Waals surface area contributed by atoms with Crippen LogP contribution in [0.3, 0.4) is 0 Å². The summed E-state index contributed by atoms with van der Waals surface area (Å²) in [4.78, 5) is 28.9. The van der Waals surface area contributed by atoms with Gasteiger partial charge in [0.2, 0.25) is 0 Å². The maximum atomic E-state index is 12.6. The smallest absolute Gasteiger partial charge is 0.325 e. The van der Waals surface area contributed by atoms with Crippen molar-refractivity contribution in [1.29, 1.82) is 0 Å². The van der Waals surface area contributed by atoms with E-state index in [1.807, 2.05) is 47.8 Å². The van der Waals surface area contributed by atoms with Crippen LogP contribution in [0.25, 0.3) is 22.5 Å². The van der Waals surface area contributed by atoms with Crippen molar-refractivity contribution in [2.75, 3.05) is 17.7 Å². The number of urea groups is 1. The van der Waals surface area contributed by atoms with Gasteiger partial charge >= 0.3 is 6.03 Å². The van der Waals surface area contributed by atoms with E-state index >= 15 is 0 Å². The Hall–Kier alpha value is -3.98. The van der Waals surface area contributed by atoms with Crippen LogP contribution in [0.5, 0.6) is 0 Å². The van der Waals surface area contributed by atoms with E-state index in [0.717, 1.165) is 16.8 Å². The van der Waals surface area contributed by atoms with Crippen LogP contribution in [0.2, 0.25) is 0 Å². The average Bonchev–Trinajstić information content (AvgIpc) is 3.40. The summed E-state index contributed by atoms with van der Waals surface area (Å²) in [6.07, 6.45) is 1.57. The van der Waals surface area contributed by atoms with Gasteiger partial charge in [-0.2, -0.15) is 5.10 Å². The Kier molecular flexibility index (Phi) is 5.76. The molecule has 0 spiro atoms. The Bertz CT molecular complexity index is 1230. The van der Waals surface area contributed by atoms with Gasteiger partial charge in [0.25, 0.3) is 5.91 Å². The number of aromatic nitrogens is 3. The van der Waals surface area contributed by atoms with Gasteiger partial charge in [-0.05, 0) is 23.6 Å². The van der Waals surface area contributed by atoms with Gasteiger partial charge in [0.1, 0.15) is 10.8 Å². The molecule has 31 heavy (non-hydrogen) atoms. The summed E-state index contributed by atoms with van der Waals surface area (Å²) in [5.41, 5.74) is 3.57. The van der Waals surface area contributed by atoms with Crippen molar-refractivity contribution >= 4 is 34.1 Å². The summed E-state index contributed by atoms with van der Waals surface area (Å²) in [5, 5.41) is 15.2. The molecule has 9 heteroatoms. The Balaban J connectivity index is 1.51. The number of hydrogen-bond donors (Lipinski definition) is 3. The fraction of sp³-hybridized carbons (Fsp3) is 0.0909. The largest absolute Gasteiger partial charge is 0.355 e. The molecule has 4 aromatic rings. The van der Waals surface area contributed by atoms with Crippen LogP contribution in [0, 0.1) is 0 Å². The number of aryl methyl sites for hydroxylation is 1. The normalized spacial score (nSPS) is 10.5.